The molecule has 2 rings (SSSR count). The number of anilines is 1. The van der Waals surface area contributed by atoms with Gasteiger partial charge in [-0.25, -0.2) is 4.98 Å². The normalized spacial score (nSPS) is 13.5. The number of hydrogen-bond donors (Lipinski definition) is 1. The molecule has 0 aliphatic carbocycles. The highest BCUT2D eigenvalue weighted by Crippen LogP contribution is 2.32. The zero-order valence-electron chi connectivity index (χ0n) is 14.2. The Balaban J connectivity index is 2.46. The van der Waals surface area contributed by atoms with Gasteiger partial charge in [0, 0.05) is 39.9 Å². The molecular weight excluding hydrogens is 300 g/mol. The van der Waals surface area contributed by atoms with E-state index in [1.54, 1.807) is 24.8 Å². The molecule has 23 heavy (non-hydrogen) atoms. The van der Waals surface area contributed by atoms with Crippen LogP contribution in [0.5, 0.6) is 0 Å². The maximum atomic E-state index is 14.0. The van der Waals surface area contributed by atoms with Gasteiger partial charge in [-0.2, -0.15) is 8.78 Å². The van der Waals surface area contributed by atoms with Crippen LogP contribution in [0.15, 0.2) is 18.2 Å². The Labute approximate surface area is 135 Å². The van der Waals surface area contributed by atoms with Crippen molar-refractivity contribution < 1.29 is 13.5 Å². The van der Waals surface area contributed by atoms with Crippen LogP contribution in [-0.4, -0.2) is 30.3 Å². The highest BCUT2D eigenvalue weighted by molar-refractivity contribution is 5.80. The summed E-state index contributed by atoms with van der Waals surface area (Å²) in [5.74, 6) is -2.87. The van der Waals surface area contributed by atoms with Crippen LogP contribution in [0.25, 0.3) is 11.0 Å². The van der Waals surface area contributed by atoms with Crippen LogP contribution in [0.2, 0.25) is 0 Å². The summed E-state index contributed by atoms with van der Waals surface area (Å²) in [7, 11) is 3.45. The number of ether oxygens (including phenoxy) is 1. The molecular formula is C17H25F2N3O. The molecule has 0 fully saturated rings. The van der Waals surface area contributed by atoms with E-state index < -0.39 is 5.92 Å². The van der Waals surface area contributed by atoms with Crippen molar-refractivity contribution in [1.29, 1.82) is 0 Å². The summed E-state index contributed by atoms with van der Waals surface area (Å²) >= 11 is 0. The van der Waals surface area contributed by atoms with Crippen molar-refractivity contribution in [2.75, 3.05) is 26.1 Å². The van der Waals surface area contributed by atoms with Gasteiger partial charge < -0.3 is 14.6 Å². The van der Waals surface area contributed by atoms with Gasteiger partial charge in [0.2, 0.25) is 0 Å². The van der Waals surface area contributed by atoms with Crippen molar-refractivity contribution in [3.05, 3.63) is 24.0 Å². The van der Waals surface area contributed by atoms with Crippen LogP contribution in [0, 0.1) is 5.92 Å². The molecule has 6 heteroatoms. The molecule has 0 saturated carbocycles. The van der Waals surface area contributed by atoms with E-state index in [1.165, 1.54) is 0 Å². The molecule has 1 aromatic carbocycles. The Morgan fingerprint density at radius 1 is 1.39 bits per heavy atom. The summed E-state index contributed by atoms with van der Waals surface area (Å²) in [5.41, 5.74) is 2.20. The number of hydrogen-bond acceptors (Lipinski definition) is 3. The van der Waals surface area contributed by atoms with Gasteiger partial charge in [-0.05, 0) is 30.5 Å². The Morgan fingerprint density at radius 3 is 2.70 bits per heavy atom. The van der Waals surface area contributed by atoms with Gasteiger partial charge in [0.15, 0.2) is 5.82 Å². The average Bonchev–Trinajstić information content (AvgIpc) is 2.89. The second-order valence-corrected chi connectivity index (χ2v) is 5.94. The molecule has 4 nitrogen and oxygen atoms in total. The molecule has 1 unspecified atom stereocenters. The lowest BCUT2D eigenvalue weighted by atomic mass is 10.0. The zero-order chi connectivity index (χ0) is 17.0. The smallest absolute Gasteiger partial charge is 0.302 e. The van der Waals surface area contributed by atoms with Crippen molar-refractivity contribution in [2.24, 2.45) is 5.92 Å². The van der Waals surface area contributed by atoms with Crippen molar-refractivity contribution >= 4 is 16.7 Å². The van der Waals surface area contributed by atoms with Gasteiger partial charge in [0.25, 0.3) is 0 Å². The molecule has 0 radical (unpaired) electrons. The van der Waals surface area contributed by atoms with E-state index >= 15 is 0 Å². The third kappa shape index (κ3) is 3.99. The molecule has 0 spiro atoms. The van der Waals surface area contributed by atoms with Gasteiger partial charge >= 0.3 is 5.92 Å². The maximum Gasteiger partial charge on any atom is 0.302 e. The van der Waals surface area contributed by atoms with Crippen LogP contribution in [0.3, 0.4) is 0 Å². The van der Waals surface area contributed by atoms with Gasteiger partial charge in [-0.15, -0.1) is 0 Å². The fraction of sp³-hybridized carbons (Fsp3) is 0.588. The summed E-state index contributed by atoms with van der Waals surface area (Å²) in [6.45, 7) is 4.13. The number of halogens is 2. The first kappa shape index (κ1) is 17.7. The standard InChI is InChI=1S/C17H25F2N3O/c1-5-12(8-9-23-4)11-22-15-7-6-13(20-3)10-14(15)21-16(22)17(2,18)19/h6-7,10,12,20H,5,8-9,11H2,1-4H3. The minimum absolute atomic E-state index is 0.170. The van der Waals surface area contributed by atoms with Crippen molar-refractivity contribution in [2.45, 2.75) is 39.2 Å². The van der Waals surface area contributed by atoms with Gasteiger partial charge in [0.05, 0.1) is 11.0 Å². The summed E-state index contributed by atoms with van der Waals surface area (Å²) in [4.78, 5) is 4.20. The summed E-state index contributed by atoms with van der Waals surface area (Å²) < 4.78 is 34.8. The van der Waals surface area contributed by atoms with E-state index in [0.717, 1.165) is 31.0 Å². The predicted octanol–water partition coefficient (Wildman–Crippen LogP) is 4.25. The fourth-order valence-electron chi connectivity index (χ4n) is 2.77. The van der Waals surface area contributed by atoms with Crippen LogP contribution in [0.1, 0.15) is 32.5 Å². The highest BCUT2D eigenvalue weighted by atomic mass is 19.3. The number of nitrogens with zero attached hydrogens (tertiary/aromatic N) is 2. The molecule has 0 saturated heterocycles. The number of fused-ring (bicyclic) bond motifs is 1. The Hall–Kier alpha value is -1.69. The fourth-order valence-corrected chi connectivity index (χ4v) is 2.77. The number of methoxy groups -OCH3 is 1. The number of alkyl halides is 2. The second-order valence-electron chi connectivity index (χ2n) is 5.94. The molecule has 0 bridgehead atoms. The minimum Gasteiger partial charge on any atom is -0.388 e. The summed E-state index contributed by atoms with van der Waals surface area (Å²) in [5, 5.41) is 3.01. The lowest BCUT2D eigenvalue weighted by molar-refractivity contribution is 0.00368. The van der Waals surface area contributed by atoms with Crippen LogP contribution in [-0.2, 0) is 17.2 Å². The lowest BCUT2D eigenvalue weighted by Gasteiger charge is -2.19. The second kappa shape index (κ2) is 7.25. The van der Waals surface area contributed by atoms with Crippen LogP contribution >= 0.6 is 0 Å². The highest BCUT2D eigenvalue weighted by Gasteiger charge is 2.32. The number of rotatable bonds is 8. The largest absolute Gasteiger partial charge is 0.388 e. The Kier molecular flexibility index (Phi) is 5.57. The third-order valence-corrected chi connectivity index (χ3v) is 4.18. The number of benzene rings is 1. The molecule has 0 amide bonds. The molecule has 1 aromatic heterocycles. The summed E-state index contributed by atoms with van der Waals surface area (Å²) in [6.07, 6.45) is 1.75. The van der Waals surface area contributed by atoms with Crippen LogP contribution in [0.4, 0.5) is 14.5 Å². The van der Waals surface area contributed by atoms with E-state index in [-0.39, 0.29) is 11.7 Å². The molecule has 2 aromatic rings. The third-order valence-electron chi connectivity index (χ3n) is 4.18. The summed E-state index contributed by atoms with van der Waals surface area (Å²) in [6, 6.07) is 5.54. The number of imidazole rings is 1. The topological polar surface area (TPSA) is 39.1 Å². The first-order chi connectivity index (χ1) is 10.9. The van der Waals surface area contributed by atoms with Gasteiger partial charge in [-0.1, -0.05) is 13.3 Å². The van der Waals surface area contributed by atoms with E-state index in [0.29, 0.717) is 18.7 Å². The number of nitrogens with one attached hydrogen (secondary N) is 1. The van der Waals surface area contributed by atoms with E-state index in [1.807, 2.05) is 12.1 Å². The maximum absolute atomic E-state index is 14.0. The zero-order valence-corrected chi connectivity index (χ0v) is 14.2. The SMILES string of the molecule is CCC(CCOC)Cn1c(C(C)(F)F)nc2cc(NC)ccc21. The number of aromatic nitrogens is 2. The Morgan fingerprint density at radius 2 is 2.13 bits per heavy atom. The minimum atomic E-state index is -2.97. The van der Waals surface area contributed by atoms with Crippen molar-refractivity contribution in [3.8, 4) is 0 Å². The van der Waals surface area contributed by atoms with E-state index in [4.69, 9.17) is 4.74 Å². The van der Waals surface area contributed by atoms with Crippen LogP contribution < -0.4 is 5.32 Å². The first-order valence-electron chi connectivity index (χ1n) is 7.96. The monoisotopic (exact) mass is 325 g/mol. The molecule has 1 N–H and O–H groups in total. The van der Waals surface area contributed by atoms with Crippen molar-refractivity contribution in [3.63, 3.8) is 0 Å². The predicted molar refractivity (Wildman–Crippen MR) is 89.1 cm³/mol. The van der Waals surface area contributed by atoms with E-state index in [2.05, 4.69) is 17.2 Å². The molecule has 0 aliphatic heterocycles. The van der Waals surface area contributed by atoms with E-state index in [9.17, 15) is 8.78 Å². The van der Waals surface area contributed by atoms with Gasteiger partial charge in [-0.3, -0.25) is 0 Å². The molecule has 1 atom stereocenters. The van der Waals surface area contributed by atoms with Gasteiger partial charge in [0.1, 0.15) is 0 Å². The average molecular weight is 325 g/mol. The molecule has 1 heterocycles. The Bertz CT molecular complexity index is 649. The van der Waals surface area contributed by atoms with Crippen molar-refractivity contribution in [1.82, 2.24) is 9.55 Å². The quantitative estimate of drug-likeness (QED) is 0.788. The molecule has 0 aliphatic rings. The lowest BCUT2D eigenvalue weighted by Crippen LogP contribution is -2.20. The first-order valence-corrected chi connectivity index (χ1v) is 7.96. The molecule has 128 valence electrons.